The number of para-hydroxylation sites is 1. The van der Waals surface area contributed by atoms with Gasteiger partial charge in [0.25, 0.3) is 0 Å². The Morgan fingerprint density at radius 1 is 1.12 bits per heavy atom. The van der Waals surface area contributed by atoms with Gasteiger partial charge >= 0.3 is 0 Å². The van der Waals surface area contributed by atoms with Crippen LogP contribution >= 0.6 is 0 Å². The van der Waals surface area contributed by atoms with Crippen LogP contribution in [0.3, 0.4) is 0 Å². The fourth-order valence-electron chi connectivity index (χ4n) is 3.66. The van der Waals surface area contributed by atoms with Crippen LogP contribution in [-0.4, -0.2) is 51.7 Å². The largest absolute Gasteiger partial charge is 0.438 e. The summed E-state index contributed by atoms with van der Waals surface area (Å²) in [5, 5.41) is 15.3. The van der Waals surface area contributed by atoms with E-state index in [9.17, 15) is 9.50 Å². The Kier molecular flexibility index (Phi) is 9.62. The van der Waals surface area contributed by atoms with E-state index in [1.165, 1.54) is 12.1 Å². The molecule has 0 saturated carbocycles. The molecular formula is C27H36FN3O3. The maximum atomic E-state index is 13.9. The Bertz CT molecular complexity index is 1020. The normalized spacial score (nSPS) is 12.5. The number of aliphatic hydroxyl groups is 1. The van der Waals surface area contributed by atoms with Gasteiger partial charge in [-0.15, -0.1) is 0 Å². The van der Waals surface area contributed by atoms with Crippen molar-refractivity contribution in [3.8, 4) is 17.3 Å². The number of unbranched alkanes of at least 4 members (excludes halogenated alkanes) is 1. The van der Waals surface area contributed by atoms with Gasteiger partial charge in [-0.3, -0.25) is 4.90 Å². The number of nitrogens with zero attached hydrogens (tertiary/aromatic N) is 3. The lowest BCUT2D eigenvalue weighted by Crippen LogP contribution is -2.39. The zero-order chi connectivity index (χ0) is 24.5. The van der Waals surface area contributed by atoms with Crippen LogP contribution in [0.15, 0.2) is 54.6 Å². The van der Waals surface area contributed by atoms with Crippen molar-refractivity contribution in [1.29, 1.82) is 0 Å². The van der Waals surface area contributed by atoms with Crippen LogP contribution in [0, 0.1) is 12.7 Å². The average Bonchev–Trinajstić information content (AvgIpc) is 3.11. The van der Waals surface area contributed by atoms with E-state index in [4.69, 9.17) is 14.6 Å². The van der Waals surface area contributed by atoms with Gasteiger partial charge in [0.1, 0.15) is 11.6 Å². The molecular weight excluding hydrogens is 433 g/mol. The van der Waals surface area contributed by atoms with E-state index in [0.717, 1.165) is 29.8 Å². The van der Waals surface area contributed by atoms with Gasteiger partial charge in [0, 0.05) is 31.8 Å². The minimum absolute atomic E-state index is 0.173. The number of rotatable bonds is 13. The first-order valence-corrected chi connectivity index (χ1v) is 12.0. The minimum Gasteiger partial charge on any atom is -0.438 e. The van der Waals surface area contributed by atoms with E-state index in [1.54, 1.807) is 16.8 Å². The lowest BCUT2D eigenvalue weighted by atomic mass is 10.2. The third kappa shape index (κ3) is 7.13. The summed E-state index contributed by atoms with van der Waals surface area (Å²) in [6.07, 6.45) is 1.45. The van der Waals surface area contributed by atoms with Crippen LogP contribution in [0.5, 0.6) is 11.6 Å². The summed E-state index contributed by atoms with van der Waals surface area (Å²) in [6.45, 7) is 10.2. The second kappa shape index (κ2) is 12.6. The summed E-state index contributed by atoms with van der Waals surface area (Å²) >= 11 is 0. The molecule has 1 N–H and O–H groups in total. The molecule has 1 heterocycles. The molecule has 0 aliphatic heterocycles. The topological polar surface area (TPSA) is 59.8 Å². The molecule has 34 heavy (non-hydrogen) atoms. The van der Waals surface area contributed by atoms with Gasteiger partial charge in [-0.2, -0.15) is 5.10 Å². The van der Waals surface area contributed by atoms with Crippen LogP contribution in [0.4, 0.5) is 4.39 Å². The van der Waals surface area contributed by atoms with E-state index < -0.39 is 6.10 Å². The Morgan fingerprint density at radius 3 is 2.56 bits per heavy atom. The number of hydrogen-bond acceptors (Lipinski definition) is 5. The molecule has 0 amide bonds. The fraction of sp³-hybridized carbons (Fsp3) is 0.444. The van der Waals surface area contributed by atoms with Gasteiger partial charge in [-0.05, 0) is 51.5 Å². The first-order valence-electron chi connectivity index (χ1n) is 12.0. The number of ether oxygens (including phenoxy) is 2. The maximum absolute atomic E-state index is 13.9. The predicted octanol–water partition coefficient (Wildman–Crippen LogP) is 5.50. The van der Waals surface area contributed by atoms with Gasteiger partial charge in [-0.1, -0.05) is 37.6 Å². The van der Waals surface area contributed by atoms with Crippen molar-refractivity contribution < 1.29 is 19.0 Å². The lowest BCUT2D eigenvalue weighted by molar-refractivity contribution is 0.00842. The molecule has 0 bridgehead atoms. The molecule has 7 heteroatoms. The van der Waals surface area contributed by atoms with Gasteiger partial charge in [-0.25, -0.2) is 9.07 Å². The highest BCUT2D eigenvalue weighted by molar-refractivity contribution is 5.43. The molecule has 0 aliphatic rings. The average molecular weight is 470 g/mol. The van der Waals surface area contributed by atoms with E-state index in [1.807, 2.05) is 37.3 Å². The predicted molar refractivity (Wildman–Crippen MR) is 132 cm³/mol. The summed E-state index contributed by atoms with van der Waals surface area (Å²) in [6, 6.07) is 16.0. The zero-order valence-corrected chi connectivity index (χ0v) is 20.6. The lowest BCUT2D eigenvalue weighted by Gasteiger charge is -2.29. The van der Waals surface area contributed by atoms with Crippen molar-refractivity contribution in [3.63, 3.8) is 0 Å². The molecule has 2 aromatic carbocycles. The summed E-state index contributed by atoms with van der Waals surface area (Å²) in [5.74, 6) is 0.573. The smallest absolute Gasteiger partial charge is 0.227 e. The van der Waals surface area contributed by atoms with Crippen molar-refractivity contribution >= 4 is 0 Å². The number of aromatic nitrogens is 2. The number of hydrogen-bond donors (Lipinski definition) is 1. The van der Waals surface area contributed by atoms with E-state index >= 15 is 0 Å². The second-order valence-electron chi connectivity index (χ2n) is 8.78. The van der Waals surface area contributed by atoms with Gasteiger partial charge in [0.2, 0.25) is 5.88 Å². The summed E-state index contributed by atoms with van der Waals surface area (Å²) in [7, 11) is 0. The van der Waals surface area contributed by atoms with Crippen molar-refractivity contribution in [2.75, 3.05) is 19.8 Å². The molecule has 0 unspecified atom stereocenters. The van der Waals surface area contributed by atoms with Crippen LogP contribution in [0.25, 0.3) is 5.69 Å². The minimum atomic E-state index is -0.601. The summed E-state index contributed by atoms with van der Waals surface area (Å²) < 4.78 is 27.4. The van der Waals surface area contributed by atoms with Crippen molar-refractivity contribution in [3.05, 3.63) is 71.7 Å². The number of benzene rings is 2. The van der Waals surface area contributed by atoms with E-state index in [0.29, 0.717) is 37.9 Å². The molecule has 3 rings (SSSR count). The zero-order valence-electron chi connectivity index (χ0n) is 20.6. The quantitative estimate of drug-likeness (QED) is 0.335. The standard InChI is InChI=1S/C27H36FN3O3/c1-5-6-15-33-19-24(32)17-30(20(2)3)18-26-21(4)29-31(23-12-8-7-9-13-23)27(26)34-25-14-10-11-22(28)16-25/h7-14,16,20,24,32H,5-6,15,17-19H2,1-4H3/t24-/m1/s1. The van der Waals surface area contributed by atoms with Crippen LogP contribution in [-0.2, 0) is 11.3 Å². The maximum Gasteiger partial charge on any atom is 0.227 e. The number of aliphatic hydroxyl groups excluding tert-OH is 1. The number of halogens is 1. The highest BCUT2D eigenvalue weighted by Crippen LogP contribution is 2.32. The number of aryl methyl sites for hydroxylation is 1. The molecule has 0 saturated heterocycles. The Labute approximate surface area is 201 Å². The fourth-order valence-corrected chi connectivity index (χ4v) is 3.66. The SMILES string of the molecule is CCCCOC[C@H](O)CN(Cc1c(C)nn(-c2ccccc2)c1Oc1cccc(F)c1)C(C)C. The molecule has 0 spiro atoms. The van der Waals surface area contributed by atoms with Crippen LogP contribution in [0.1, 0.15) is 44.9 Å². The molecule has 1 atom stereocenters. The highest BCUT2D eigenvalue weighted by atomic mass is 19.1. The molecule has 0 aliphatic carbocycles. The van der Waals surface area contributed by atoms with Gasteiger partial charge < -0.3 is 14.6 Å². The third-order valence-electron chi connectivity index (χ3n) is 5.64. The van der Waals surface area contributed by atoms with Gasteiger partial charge in [0.15, 0.2) is 0 Å². The summed E-state index contributed by atoms with van der Waals surface area (Å²) in [5.41, 5.74) is 2.55. The van der Waals surface area contributed by atoms with Crippen molar-refractivity contribution in [2.24, 2.45) is 0 Å². The first-order chi connectivity index (χ1) is 16.4. The molecule has 184 valence electrons. The molecule has 6 nitrogen and oxygen atoms in total. The Morgan fingerprint density at radius 2 is 1.88 bits per heavy atom. The highest BCUT2D eigenvalue weighted by Gasteiger charge is 2.24. The molecule has 1 aromatic heterocycles. The Balaban J connectivity index is 1.88. The van der Waals surface area contributed by atoms with Crippen molar-refractivity contribution in [1.82, 2.24) is 14.7 Å². The summed E-state index contributed by atoms with van der Waals surface area (Å²) in [4.78, 5) is 2.17. The van der Waals surface area contributed by atoms with Crippen molar-refractivity contribution in [2.45, 2.75) is 59.2 Å². The van der Waals surface area contributed by atoms with Crippen LogP contribution < -0.4 is 4.74 Å². The van der Waals surface area contributed by atoms with Crippen LogP contribution in [0.2, 0.25) is 0 Å². The first kappa shape index (κ1) is 25.9. The molecule has 0 fully saturated rings. The van der Waals surface area contributed by atoms with E-state index in [-0.39, 0.29) is 11.9 Å². The third-order valence-corrected chi connectivity index (χ3v) is 5.64. The molecule has 0 radical (unpaired) electrons. The Hall–Kier alpha value is -2.74. The molecule has 3 aromatic rings. The monoisotopic (exact) mass is 469 g/mol. The second-order valence-corrected chi connectivity index (χ2v) is 8.78. The van der Waals surface area contributed by atoms with Gasteiger partial charge in [0.05, 0.1) is 29.7 Å². The van der Waals surface area contributed by atoms with E-state index in [2.05, 4.69) is 25.7 Å².